The molecule has 7 nitrogen and oxygen atoms in total. The second-order valence-electron chi connectivity index (χ2n) is 3.67. The second-order valence-corrected chi connectivity index (χ2v) is 5.71. The standard InChI is InChI=1S/C9H5N3O4S2/c1-11-6(13)2-3(7(11)14)18-5-4(17-2)8(15)12(10)9(5)16/h10H2,1H3. The first-order chi connectivity index (χ1) is 8.43. The first-order valence-electron chi connectivity index (χ1n) is 4.73. The molecule has 0 amide bonds. The monoisotopic (exact) mass is 283 g/mol. The summed E-state index contributed by atoms with van der Waals surface area (Å²) in [6, 6.07) is 0. The summed E-state index contributed by atoms with van der Waals surface area (Å²) in [7, 11) is 1.36. The van der Waals surface area contributed by atoms with Crippen molar-refractivity contribution in [2.24, 2.45) is 7.05 Å². The maximum Gasteiger partial charge on any atom is 0.290 e. The van der Waals surface area contributed by atoms with Crippen molar-refractivity contribution in [3.63, 3.8) is 0 Å². The van der Waals surface area contributed by atoms with Gasteiger partial charge in [0.15, 0.2) is 0 Å². The Balaban J connectivity index is 2.78. The van der Waals surface area contributed by atoms with Crippen molar-refractivity contribution in [3.8, 4) is 0 Å². The molecule has 0 radical (unpaired) electrons. The van der Waals surface area contributed by atoms with E-state index >= 15 is 0 Å². The fourth-order valence-electron chi connectivity index (χ4n) is 1.66. The van der Waals surface area contributed by atoms with E-state index in [0.29, 0.717) is 4.68 Å². The van der Waals surface area contributed by atoms with Gasteiger partial charge in [-0.3, -0.25) is 23.7 Å². The molecule has 18 heavy (non-hydrogen) atoms. The van der Waals surface area contributed by atoms with Gasteiger partial charge in [-0.05, 0) is 0 Å². The molecule has 0 saturated heterocycles. The molecule has 0 fully saturated rings. The molecule has 0 aliphatic heterocycles. The molecule has 0 aliphatic rings. The topological polar surface area (TPSA) is 104 Å². The van der Waals surface area contributed by atoms with Gasteiger partial charge in [-0.15, -0.1) is 22.7 Å². The van der Waals surface area contributed by atoms with Crippen LogP contribution in [0.1, 0.15) is 0 Å². The summed E-state index contributed by atoms with van der Waals surface area (Å²) in [5.74, 6) is 5.30. The van der Waals surface area contributed by atoms with Crippen molar-refractivity contribution in [3.05, 3.63) is 41.4 Å². The quantitative estimate of drug-likeness (QED) is 0.524. The molecule has 0 atom stereocenters. The van der Waals surface area contributed by atoms with E-state index in [1.807, 2.05) is 0 Å². The van der Waals surface area contributed by atoms with Crippen LogP contribution in [0.3, 0.4) is 0 Å². The summed E-state index contributed by atoms with van der Waals surface area (Å²) >= 11 is 1.68. The Morgan fingerprint density at radius 3 is 1.50 bits per heavy atom. The molecule has 0 aromatic carbocycles. The average Bonchev–Trinajstić information content (AvgIpc) is 2.71. The van der Waals surface area contributed by atoms with Crippen LogP contribution in [0.2, 0.25) is 0 Å². The molecule has 0 spiro atoms. The van der Waals surface area contributed by atoms with Crippen LogP contribution in [0.4, 0.5) is 0 Å². The van der Waals surface area contributed by atoms with E-state index in [1.165, 1.54) is 7.05 Å². The van der Waals surface area contributed by atoms with E-state index in [9.17, 15) is 19.2 Å². The van der Waals surface area contributed by atoms with E-state index < -0.39 is 22.2 Å². The zero-order valence-corrected chi connectivity index (χ0v) is 10.6. The first-order valence-corrected chi connectivity index (χ1v) is 6.37. The van der Waals surface area contributed by atoms with Crippen LogP contribution in [0, 0.1) is 0 Å². The molecular formula is C9H5N3O4S2. The number of nitrogens with zero attached hydrogens (tertiary/aromatic N) is 2. The van der Waals surface area contributed by atoms with Crippen molar-refractivity contribution in [2.75, 3.05) is 5.84 Å². The lowest BCUT2D eigenvalue weighted by atomic mass is 10.6. The summed E-state index contributed by atoms with van der Waals surface area (Å²) in [6.07, 6.45) is 0. The van der Waals surface area contributed by atoms with E-state index in [1.54, 1.807) is 0 Å². The maximum absolute atomic E-state index is 11.8. The van der Waals surface area contributed by atoms with Gasteiger partial charge in [0.1, 0.15) is 18.8 Å². The fraction of sp³-hybridized carbons (Fsp3) is 0.111. The Bertz CT molecular complexity index is 864. The number of aromatic nitrogens is 2. The Hall–Kier alpha value is -2.00. The normalized spacial score (nSPS) is 11.6. The summed E-state index contributed by atoms with van der Waals surface area (Å²) < 4.78 is 2.05. The lowest BCUT2D eigenvalue weighted by molar-refractivity contribution is 0.858. The van der Waals surface area contributed by atoms with Crippen molar-refractivity contribution in [1.82, 2.24) is 9.24 Å². The van der Waals surface area contributed by atoms with Gasteiger partial charge in [0.25, 0.3) is 22.2 Å². The van der Waals surface area contributed by atoms with E-state index in [2.05, 4.69) is 0 Å². The third kappa shape index (κ3) is 1.12. The Morgan fingerprint density at radius 1 is 0.778 bits per heavy atom. The Kier molecular flexibility index (Phi) is 2.02. The molecule has 0 aliphatic carbocycles. The van der Waals surface area contributed by atoms with Crippen LogP contribution in [-0.4, -0.2) is 9.24 Å². The highest BCUT2D eigenvalue weighted by Gasteiger charge is 2.18. The minimum atomic E-state index is -0.645. The first kappa shape index (κ1) is 11.1. The molecule has 0 saturated carbocycles. The Morgan fingerprint density at radius 2 is 1.11 bits per heavy atom. The largest absolute Gasteiger partial charge is 0.333 e. The predicted molar refractivity (Wildman–Crippen MR) is 70.6 cm³/mol. The van der Waals surface area contributed by atoms with Crippen LogP contribution in [-0.2, 0) is 7.05 Å². The van der Waals surface area contributed by atoms with E-state index in [0.717, 1.165) is 27.2 Å². The molecule has 0 unspecified atom stereocenters. The number of hydrogen-bond acceptors (Lipinski definition) is 7. The molecule has 3 heterocycles. The summed E-state index contributed by atoms with van der Waals surface area (Å²) in [5, 5.41) is 0. The predicted octanol–water partition coefficient (Wildman–Crippen LogP) is -1.15. The van der Waals surface area contributed by atoms with Gasteiger partial charge in [0.05, 0.1) is 0 Å². The van der Waals surface area contributed by atoms with Crippen molar-refractivity contribution in [1.29, 1.82) is 0 Å². The van der Waals surface area contributed by atoms with E-state index in [-0.39, 0.29) is 18.8 Å². The smallest absolute Gasteiger partial charge is 0.290 e. The summed E-state index contributed by atoms with van der Waals surface area (Å²) in [5.41, 5.74) is -2.22. The fourth-order valence-corrected chi connectivity index (χ4v) is 4.11. The number of hydrogen-bond donors (Lipinski definition) is 1. The second kappa shape index (κ2) is 3.27. The Labute approximate surface area is 105 Å². The number of nitrogens with two attached hydrogens (primary N) is 1. The number of fused-ring (bicyclic) bond motifs is 2. The third-order valence-corrected chi connectivity index (χ3v) is 5.23. The van der Waals surface area contributed by atoms with Gasteiger partial charge in [-0.25, -0.2) is 0 Å². The molecule has 92 valence electrons. The lowest BCUT2D eigenvalue weighted by Crippen LogP contribution is -2.32. The van der Waals surface area contributed by atoms with Gasteiger partial charge < -0.3 is 5.84 Å². The zero-order chi connectivity index (χ0) is 13.2. The maximum atomic E-state index is 11.8. The van der Waals surface area contributed by atoms with E-state index in [4.69, 9.17) is 5.84 Å². The number of rotatable bonds is 0. The van der Waals surface area contributed by atoms with Gasteiger partial charge in [0.2, 0.25) is 0 Å². The van der Waals surface area contributed by atoms with Gasteiger partial charge in [0, 0.05) is 7.05 Å². The van der Waals surface area contributed by atoms with Crippen molar-refractivity contribution >= 4 is 41.5 Å². The molecule has 0 bridgehead atoms. The molecule has 3 aromatic heterocycles. The van der Waals surface area contributed by atoms with Crippen LogP contribution in [0.5, 0.6) is 0 Å². The van der Waals surface area contributed by atoms with Gasteiger partial charge in [-0.1, -0.05) is 0 Å². The summed E-state index contributed by atoms with van der Waals surface area (Å²) in [4.78, 5) is 46.8. The van der Waals surface area contributed by atoms with Crippen LogP contribution in [0.15, 0.2) is 19.2 Å². The van der Waals surface area contributed by atoms with Crippen LogP contribution < -0.4 is 28.1 Å². The highest BCUT2D eigenvalue weighted by molar-refractivity contribution is 7.36. The van der Waals surface area contributed by atoms with Crippen molar-refractivity contribution < 1.29 is 0 Å². The highest BCUT2D eigenvalue weighted by atomic mass is 32.1. The minimum absolute atomic E-state index is 0.114. The molecule has 9 heteroatoms. The minimum Gasteiger partial charge on any atom is -0.333 e. The van der Waals surface area contributed by atoms with Crippen molar-refractivity contribution in [2.45, 2.75) is 0 Å². The third-order valence-electron chi connectivity index (χ3n) is 2.64. The molecule has 3 aromatic rings. The molecule has 2 N–H and O–H groups in total. The van der Waals surface area contributed by atoms with Crippen LogP contribution >= 0.6 is 22.7 Å². The highest BCUT2D eigenvalue weighted by Crippen LogP contribution is 2.25. The van der Waals surface area contributed by atoms with Crippen LogP contribution in [0.25, 0.3) is 18.8 Å². The van der Waals surface area contributed by atoms with Gasteiger partial charge in [-0.2, -0.15) is 4.68 Å². The molecule has 3 rings (SSSR count). The SMILES string of the molecule is Cn1c(=O)c2sc3c(=O)n(N)c(=O)c3sc2c1=O. The summed E-state index contributed by atoms with van der Waals surface area (Å²) in [6.45, 7) is 0. The zero-order valence-electron chi connectivity index (χ0n) is 8.92. The molecular weight excluding hydrogens is 278 g/mol. The van der Waals surface area contributed by atoms with Gasteiger partial charge >= 0.3 is 0 Å². The number of nitrogen functional groups attached to an aromatic ring is 1. The lowest BCUT2D eigenvalue weighted by Gasteiger charge is -1.84. The average molecular weight is 283 g/mol.